The SMILES string of the molecule is O=C1CC(=Nc2cccc(F)c2)c2ccccc2C1=O. The fourth-order valence-corrected chi connectivity index (χ4v) is 2.21. The van der Waals surface area contributed by atoms with Crippen molar-refractivity contribution < 1.29 is 14.0 Å². The normalized spacial score (nSPS) is 16.4. The lowest BCUT2D eigenvalue weighted by atomic mass is 9.88. The molecule has 20 heavy (non-hydrogen) atoms. The van der Waals surface area contributed by atoms with Crippen LogP contribution in [0.1, 0.15) is 22.3 Å². The lowest BCUT2D eigenvalue weighted by Gasteiger charge is -2.15. The number of ketones is 2. The van der Waals surface area contributed by atoms with Crippen LogP contribution in [0.15, 0.2) is 53.5 Å². The smallest absolute Gasteiger partial charge is 0.229 e. The van der Waals surface area contributed by atoms with E-state index in [9.17, 15) is 14.0 Å². The van der Waals surface area contributed by atoms with E-state index in [4.69, 9.17) is 0 Å². The van der Waals surface area contributed by atoms with Crippen molar-refractivity contribution in [2.45, 2.75) is 6.42 Å². The number of rotatable bonds is 1. The molecule has 0 radical (unpaired) electrons. The molecule has 1 aliphatic rings. The van der Waals surface area contributed by atoms with Crippen LogP contribution in [-0.2, 0) is 4.79 Å². The molecule has 0 N–H and O–H groups in total. The van der Waals surface area contributed by atoms with Gasteiger partial charge in [0.05, 0.1) is 17.8 Å². The molecule has 3 rings (SSSR count). The number of nitrogens with zero attached hydrogens (tertiary/aromatic N) is 1. The zero-order chi connectivity index (χ0) is 14.1. The third kappa shape index (κ3) is 2.16. The van der Waals surface area contributed by atoms with Gasteiger partial charge in [0.25, 0.3) is 0 Å². The molecule has 0 fully saturated rings. The van der Waals surface area contributed by atoms with Gasteiger partial charge in [0.2, 0.25) is 11.6 Å². The van der Waals surface area contributed by atoms with Crippen LogP contribution in [0.4, 0.5) is 10.1 Å². The largest absolute Gasteiger partial charge is 0.290 e. The van der Waals surface area contributed by atoms with Gasteiger partial charge < -0.3 is 0 Å². The monoisotopic (exact) mass is 267 g/mol. The zero-order valence-corrected chi connectivity index (χ0v) is 10.5. The zero-order valence-electron chi connectivity index (χ0n) is 10.5. The number of hydrogen-bond acceptors (Lipinski definition) is 3. The maximum Gasteiger partial charge on any atom is 0.229 e. The molecule has 1 aliphatic carbocycles. The summed E-state index contributed by atoms with van der Waals surface area (Å²) in [5.41, 5.74) is 1.92. The van der Waals surface area contributed by atoms with Crippen LogP contribution in [0.5, 0.6) is 0 Å². The van der Waals surface area contributed by atoms with Gasteiger partial charge in [-0.2, -0.15) is 0 Å². The van der Waals surface area contributed by atoms with Gasteiger partial charge in [-0.15, -0.1) is 0 Å². The Labute approximate surface area is 114 Å². The first-order valence-electron chi connectivity index (χ1n) is 6.15. The van der Waals surface area contributed by atoms with E-state index in [1.165, 1.54) is 12.1 Å². The predicted octanol–water partition coefficient (Wildman–Crippen LogP) is 3.10. The van der Waals surface area contributed by atoms with Crippen LogP contribution in [-0.4, -0.2) is 17.3 Å². The maximum absolute atomic E-state index is 13.2. The van der Waals surface area contributed by atoms with Crippen molar-refractivity contribution in [3.63, 3.8) is 0 Å². The standard InChI is InChI=1S/C16H10FNO2/c17-10-4-3-5-11(8-10)18-14-9-15(19)16(20)13-7-2-1-6-12(13)14/h1-8H,9H2. The molecule has 2 aromatic carbocycles. The van der Waals surface area contributed by atoms with Gasteiger partial charge >= 0.3 is 0 Å². The number of hydrogen-bond donors (Lipinski definition) is 0. The first-order chi connectivity index (χ1) is 9.65. The highest BCUT2D eigenvalue weighted by atomic mass is 19.1. The fourth-order valence-electron chi connectivity index (χ4n) is 2.21. The Hall–Kier alpha value is -2.62. The molecule has 2 aromatic rings. The summed E-state index contributed by atoms with van der Waals surface area (Å²) in [5, 5.41) is 0. The van der Waals surface area contributed by atoms with Gasteiger partial charge in [-0.25, -0.2) is 4.39 Å². The number of aliphatic imine (C=N–C) groups is 1. The van der Waals surface area contributed by atoms with E-state index >= 15 is 0 Å². The average Bonchev–Trinajstić information content (AvgIpc) is 2.45. The van der Waals surface area contributed by atoms with E-state index in [0.29, 0.717) is 22.5 Å². The number of benzene rings is 2. The minimum absolute atomic E-state index is 0.0492. The van der Waals surface area contributed by atoms with E-state index in [-0.39, 0.29) is 6.42 Å². The van der Waals surface area contributed by atoms with Crippen LogP contribution in [0.25, 0.3) is 0 Å². The highest BCUT2D eigenvalue weighted by Crippen LogP contribution is 2.23. The highest BCUT2D eigenvalue weighted by Gasteiger charge is 2.28. The third-order valence-corrected chi connectivity index (χ3v) is 3.14. The summed E-state index contributed by atoms with van der Waals surface area (Å²) >= 11 is 0. The van der Waals surface area contributed by atoms with Gasteiger partial charge in [-0.05, 0) is 18.2 Å². The second-order valence-corrected chi connectivity index (χ2v) is 4.51. The number of carbonyl (C=O) groups is 2. The first kappa shape index (κ1) is 12.4. The van der Waals surface area contributed by atoms with E-state index in [1.54, 1.807) is 36.4 Å². The molecule has 0 unspecified atom stereocenters. The summed E-state index contributed by atoms with van der Waals surface area (Å²) in [6.45, 7) is 0. The van der Waals surface area contributed by atoms with E-state index in [1.807, 2.05) is 0 Å². The molecule has 3 nitrogen and oxygen atoms in total. The summed E-state index contributed by atoms with van der Waals surface area (Å²) < 4.78 is 13.2. The molecule has 98 valence electrons. The molecular weight excluding hydrogens is 257 g/mol. The Morgan fingerprint density at radius 1 is 0.950 bits per heavy atom. The Balaban J connectivity index is 2.13. The summed E-state index contributed by atoms with van der Waals surface area (Å²) in [6.07, 6.45) is -0.0492. The predicted molar refractivity (Wildman–Crippen MR) is 73.0 cm³/mol. The minimum Gasteiger partial charge on any atom is -0.290 e. The van der Waals surface area contributed by atoms with E-state index in [2.05, 4.69) is 4.99 Å². The fraction of sp³-hybridized carbons (Fsp3) is 0.0625. The Bertz CT molecular complexity index is 750. The maximum atomic E-state index is 13.2. The molecule has 0 amide bonds. The van der Waals surface area contributed by atoms with Crippen molar-refractivity contribution in [1.29, 1.82) is 0 Å². The molecular formula is C16H10FNO2. The molecule has 0 saturated heterocycles. The summed E-state index contributed by atoms with van der Waals surface area (Å²) in [4.78, 5) is 27.8. The number of carbonyl (C=O) groups excluding carboxylic acids is 2. The molecule has 0 heterocycles. The summed E-state index contributed by atoms with van der Waals surface area (Å²) in [5.74, 6) is -1.36. The van der Waals surface area contributed by atoms with Gasteiger partial charge in [-0.1, -0.05) is 30.3 Å². The minimum atomic E-state index is -0.487. The second-order valence-electron chi connectivity index (χ2n) is 4.51. The molecule has 0 bridgehead atoms. The lowest BCUT2D eigenvalue weighted by Crippen LogP contribution is -2.27. The Morgan fingerprint density at radius 3 is 2.45 bits per heavy atom. The quantitative estimate of drug-likeness (QED) is 0.745. The van der Waals surface area contributed by atoms with Crippen LogP contribution < -0.4 is 0 Å². The molecule has 0 saturated carbocycles. The average molecular weight is 267 g/mol. The molecule has 4 heteroatoms. The van der Waals surface area contributed by atoms with Crippen LogP contribution in [0, 0.1) is 5.82 Å². The highest BCUT2D eigenvalue weighted by molar-refractivity contribution is 6.51. The van der Waals surface area contributed by atoms with Crippen LogP contribution in [0.3, 0.4) is 0 Å². The number of halogens is 1. The van der Waals surface area contributed by atoms with E-state index in [0.717, 1.165) is 0 Å². The summed E-state index contributed by atoms with van der Waals surface area (Å²) in [6, 6.07) is 12.7. The Morgan fingerprint density at radius 2 is 1.70 bits per heavy atom. The van der Waals surface area contributed by atoms with Gasteiger partial charge in [0.1, 0.15) is 5.82 Å². The van der Waals surface area contributed by atoms with Crippen LogP contribution in [0.2, 0.25) is 0 Å². The van der Waals surface area contributed by atoms with Crippen molar-refractivity contribution in [3.8, 4) is 0 Å². The molecule has 0 atom stereocenters. The van der Waals surface area contributed by atoms with Crippen molar-refractivity contribution in [2.75, 3.05) is 0 Å². The first-order valence-corrected chi connectivity index (χ1v) is 6.15. The topological polar surface area (TPSA) is 46.5 Å². The lowest BCUT2D eigenvalue weighted by molar-refractivity contribution is -0.114. The molecule has 0 aliphatic heterocycles. The van der Waals surface area contributed by atoms with Crippen molar-refractivity contribution in [3.05, 3.63) is 65.5 Å². The van der Waals surface area contributed by atoms with Crippen LogP contribution >= 0.6 is 0 Å². The Kier molecular flexibility index (Phi) is 2.99. The van der Waals surface area contributed by atoms with Gasteiger partial charge in [0.15, 0.2) is 0 Å². The van der Waals surface area contributed by atoms with Crippen molar-refractivity contribution >= 4 is 23.0 Å². The van der Waals surface area contributed by atoms with Gasteiger partial charge in [-0.3, -0.25) is 14.6 Å². The van der Waals surface area contributed by atoms with Crippen molar-refractivity contribution in [2.24, 2.45) is 4.99 Å². The third-order valence-electron chi connectivity index (χ3n) is 3.14. The molecule has 0 spiro atoms. The van der Waals surface area contributed by atoms with Crippen molar-refractivity contribution in [1.82, 2.24) is 0 Å². The van der Waals surface area contributed by atoms with Gasteiger partial charge in [0, 0.05) is 11.1 Å². The number of Topliss-reactive ketones (excluding diaryl/α,β-unsaturated/α-hetero) is 2. The molecule has 0 aromatic heterocycles. The van der Waals surface area contributed by atoms with E-state index < -0.39 is 17.4 Å². The number of fused-ring (bicyclic) bond motifs is 1. The second kappa shape index (κ2) is 4.81. The summed E-state index contributed by atoms with van der Waals surface area (Å²) in [7, 11) is 0.